The van der Waals surface area contributed by atoms with Gasteiger partial charge in [-0.3, -0.25) is 88.1 Å². The molecule has 136 heavy (non-hydrogen) atoms. The van der Waals surface area contributed by atoms with E-state index in [9.17, 15) is 57.8 Å². The summed E-state index contributed by atoms with van der Waals surface area (Å²) in [5.74, 6) is -16.7. The number of nitrogens with one attached hydrogen (secondary N) is 23. The summed E-state index contributed by atoms with van der Waals surface area (Å²) in [6.45, 7) is 12.5. The molecule has 0 spiro atoms. The largest absolute Gasteiger partial charge is 0.480 e. The van der Waals surface area contributed by atoms with Crippen LogP contribution in [0.4, 0.5) is 0 Å². The van der Waals surface area contributed by atoms with Crippen LogP contribution < -0.4 is 114 Å². The molecule has 15 atom stereocenters. The standard InChI is InChI=1S/C88H133N31O17/c1-9-47(6)71(84(134)119-31-17-25-68(119)83(133)117-64(33-46(4)5)79(129)112-61(26-27-69(90)120)76(126)114-63(32-45(2)3)78(128)108-49(8)73(123)107-48(7)72(122)104-42-70(121)109-62(85(135)136)24-16-30-101-88(95)96)118-77(127)60(23-15-29-100-87(93)94)111-81(131)67(37-53-41-98-44-106-53)116-75(125)59(22-14-28-99-86(91)92)110-80(130)65(35-51-39-103-58-21-13-11-19-55(51)58)115-82(132)66(36-52-40-97-43-105-52)113-74(124)56(89)34-50-38-102-57-20-12-10-18-54(50)57/h10-13,18-21,38-41,43-49,56,59-68,71,102-103H,9,14-17,22-37,42,89H2,1-8H3,(H2,90,120)(H,97,105)(H,98,106)(H,104,122)(H,107,123)(H,108,128)(H,109,121)(H,110,130)(H,111,131)(H,112,129)(H,113,124)(H,114,126)(H,115,132)(H,116,125)(H,117,133)(H,118,127)(H,135,136)(H4,91,92,99)(H4,93,94,100)(H4,95,96,101)/t47-,48-,49-,56-,59-,60-,61-,62-,63-,64-,65-,66-,67-,68-,71-/m0/s1. The smallest absolute Gasteiger partial charge is 0.326 e. The summed E-state index contributed by atoms with van der Waals surface area (Å²) >= 11 is 0. The minimum absolute atomic E-state index is 0.00877. The highest BCUT2D eigenvalue weighted by Crippen LogP contribution is 2.25. The van der Waals surface area contributed by atoms with Gasteiger partial charge in [0.25, 0.3) is 0 Å². The molecular formula is C88H133N31O17. The van der Waals surface area contributed by atoms with Gasteiger partial charge in [-0.1, -0.05) is 84.4 Å². The number of aliphatic carboxylic acids is 1. The number of hydrogen-bond acceptors (Lipinski definition) is 22. The number of aromatic amines is 4. The molecule has 48 nitrogen and oxygen atoms in total. The molecule has 1 fully saturated rings. The summed E-state index contributed by atoms with van der Waals surface area (Å²) in [4.78, 5) is 249. The molecule has 0 unspecified atom stereocenters. The lowest BCUT2D eigenvalue weighted by atomic mass is 9.96. The minimum atomic E-state index is -1.60. The van der Waals surface area contributed by atoms with E-state index in [-0.39, 0.29) is 146 Å². The van der Waals surface area contributed by atoms with Crippen molar-refractivity contribution in [2.24, 2.45) is 46.4 Å². The molecule has 7 rings (SSSR count). The second kappa shape index (κ2) is 53.8. The molecular weight excluding hydrogens is 1760 g/mol. The van der Waals surface area contributed by atoms with E-state index in [0.717, 1.165) is 16.5 Å². The number of carboxylic acids is 1. The summed E-state index contributed by atoms with van der Waals surface area (Å²) in [7, 11) is 0. The van der Waals surface area contributed by atoms with Gasteiger partial charge in [-0.05, 0) is 132 Å². The number of imidazole rings is 2. The predicted octanol–water partition coefficient (Wildman–Crippen LogP) is -4.06. The topological polar surface area (TPSA) is 780 Å². The molecule has 5 heterocycles. The van der Waals surface area contributed by atoms with E-state index in [1.54, 1.807) is 66.1 Å². The second-order valence-electron chi connectivity index (χ2n) is 34.7. The fraction of sp³-hybridized carbons (Fsp3) is 0.534. The van der Waals surface area contributed by atoms with Crippen LogP contribution in [0.3, 0.4) is 0 Å². The van der Waals surface area contributed by atoms with Gasteiger partial charge < -0.3 is 144 Å². The number of aromatic nitrogens is 6. The van der Waals surface area contributed by atoms with Gasteiger partial charge in [0.1, 0.15) is 78.5 Å². The van der Waals surface area contributed by atoms with E-state index in [1.165, 1.54) is 43.8 Å². The van der Waals surface area contributed by atoms with E-state index in [4.69, 9.17) is 44.9 Å². The molecule has 1 aliphatic heterocycles. The lowest BCUT2D eigenvalue weighted by Crippen LogP contribution is -2.61. The zero-order chi connectivity index (χ0) is 100.0. The third kappa shape index (κ3) is 35.0. The van der Waals surface area contributed by atoms with E-state index in [2.05, 4.69) is 115 Å². The molecule has 0 radical (unpaired) electrons. The fourth-order valence-electron chi connectivity index (χ4n) is 15.3. The summed E-state index contributed by atoms with van der Waals surface area (Å²) in [6, 6.07) is -5.07. The zero-order valence-electron chi connectivity index (χ0n) is 77.7. The number of carboxylic acid groups (broad SMARTS) is 1. The molecule has 34 N–H and O–H groups in total. The summed E-state index contributed by atoms with van der Waals surface area (Å²) in [6.07, 6.45) is 8.12. The van der Waals surface area contributed by atoms with Gasteiger partial charge in [-0.25, -0.2) is 14.8 Å². The van der Waals surface area contributed by atoms with Crippen molar-refractivity contribution in [1.29, 1.82) is 16.2 Å². The molecule has 2 aromatic carbocycles. The van der Waals surface area contributed by atoms with Crippen LogP contribution in [0.5, 0.6) is 0 Å². The van der Waals surface area contributed by atoms with Crippen molar-refractivity contribution >= 4 is 134 Å². The van der Waals surface area contributed by atoms with Crippen LogP contribution in [0.25, 0.3) is 21.8 Å². The van der Waals surface area contributed by atoms with Crippen molar-refractivity contribution in [2.45, 2.75) is 249 Å². The molecule has 0 saturated carbocycles. The van der Waals surface area contributed by atoms with Crippen LogP contribution in [-0.4, -0.2) is 270 Å². The SMILES string of the molecule is CC[C@H](C)[C@H](NC(=O)[C@H](CCCNC(=N)N)NC(=O)[C@H](Cc1c[nH]cn1)NC(=O)[C@H](CCCNC(=N)N)NC(=O)[C@H](Cc1c[nH]c2ccccc12)NC(=O)[C@H](Cc1c[nH]cn1)NC(=O)[C@@H](N)Cc1c[nH]c2ccccc12)C(=O)N1CCC[C@H]1C(=O)N[C@@H](CC(C)C)C(=O)N[C@@H](CCC(N)=O)C(=O)N[C@@H](CC(C)C)C(=O)N[C@@H](C)C(=O)N[C@@H](C)C(=O)NCC(=O)N[C@@H](CCCNC(=N)N)C(=O)O. The minimum Gasteiger partial charge on any atom is -0.480 e. The molecule has 742 valence electrons. The van der Waals surface area contributed by atoms with Crippen molar-refractivity contribution in [1.82, 2.24) is 120 Å². The van der Waals surface area contributed by atoms with E-state index in [1.807, 2.05) is 36.4 Å². The quantitative estimate of drug-likeness (QED) is 0.00981. The third-order valence-electron chi connectivity index (χ3n) is 22.8. The number of rotatable bonds is 57. The molecule has 48 heteroatoms. The van der Waals surface area contributed by atoms with Crippen molar-refractivity contribution in [3.05, 3.63) is 108 Å². The average molecular weight is 1900 g/mol. The number of H-pyrrole nitrogens is 4. The summed E-state index contributed by atoms with van der Waals surface area (Å²) < 4.78 is 0. The van der Waals surface area contributed by atoms with Gasteiger partial charge in [0.15, 0.2) is 17.9 Å². The second-order valence-corrected chi connectivity index (χ2v) is 34.7. The average Bonchev–Trinajstić information content (AvgIpc) is 1.57. The number of fused-ring (bicyclic) bond motifs is 2. The Morgan fingerprint density at radius 3 is 1.32 bits per heavy atom. The highest BCUT2D eigenvalue weighted by Gasteiger charge is 2.43. The maximum atomic E-state index is 15.3. The van der Waals surface area contributed by atoms with Crippen LogP contribution in [-0.2, 0) is 102 Å². The maximum absolute atomic E-state index is 15.3. The van der Waals surface area contributed by atoms with E-state index in [0.29, 0.717) is 22.2 Å². The molecule has 1 saturated heterocycles. The number of hydrogen-bond donors (Lipinski definition) is 29. The first-order valence-corrected chi connectivity index (χ1v) is 45.4. The van der Waals surface area contributed by atoms with Gasteiger partial charge in [-0.2, -0.15) is 0 Å². The van der Waals surface area contributed by atoms with Gasteiger partial charge in [0, 0.05) is 98.5 Å². The Morgan fingerprint density at radius 1 is 0.456 bits per heavy atom. The van der Waals surface area contributed by atoms with Crippen molar-refractivity contribution in [3.63, 3.8) is 0 Å². The number of benzene rings is 2. The Balaban J connectivity index is 1.07. The van der Waals surface area contributed by atoms with Gasteiger partial charge in [-0.15, -0.1) is 0 Å². The number of amides is 15. The lowest BCUT2D eigenvalue weighted by Gasteiger charge is -2.33. The summed E-state index contributed by atoms with van der Waals surface area (Å²) in [5.41, 5.74) is 32.1. The zero-order valence-corrected chi connectivity index (χ0v) is 77.7. The molecule has 0 aliphatic carbocycles. The maximum Gasteiger partial charge on any atom is 0.326 e. The molecule has 4 aromatic heterocycles. The number of guanidine groups is 3. The molecule has 15 amide bonds. The molecule has 6 aromatic rings. The Bertz CT molecular complexity index is 5120. The van der Waals surface area contributed by atoms with Crippen molar-refractivity contribution in [2.75, 3.05) is 32.7 Å². The van der Waals surface area contributed by atoms with Crippen molar-refractivity contribution in [3.8, 4) is 0 Å². The first kappa shape index (κ1) is 108. The van der Waals surface area contributed by atoms with Crippen LogP contribution in [0, 0.1) is 34.0 Å². The number of carbonyl (C=O) groups excluding carboxylic acids is 15. The number of primary amides is 1. The summed E-state index contributed by atoms with van der Waals surface area (Å²) in [5, 5.41) is 76.2. The fourth-order valence-corrected chi connectivity index (χ4v) is 15.3. The van der Waals surface area contributed by atoms with Crippen LogP contribution in [0.15, 0.2) is 86.0 Å². The molecule has 1 aliphatic rings. The van der Waals surface area contributed by atoms with Gasteiger partial charge in [0.05, 0.1) is 36.6 Å². The first-order valence-electron chi connectivity index (χ1n) is 45.4. The monoisotopic (exact) mass is 1900 g/mol. The number of nitrogens with zero attached hydrogens (tertiary/aromatic N) is 3. The highest BCUT2D eigenvalue weighted by molar-refractivity contribution is 6.01. The normalized spacial score (nSPS) is 15.5. The molecule has 0 bridgehead atoms. The van der Waals surface area contributed by atoms with E-state index >= 15 is 24.0 Å². The van der Waals surface area contributed by atoms with Crippen LogP contribution in [0.2, 0.25) is 0 Å². The third-order valence-corrected chi connectivity index (χ3v) is 22.8. The Hall–Kier alpha value is -14.8. The number of para-hydroxylation sites is 2. The lowest BCUT2D eigenvalue weighted by molar-refractivity contribution is -0.143. The Labute approximate surface area is 785 Å². The van der Waals surface area contributed by atoms with Gasteiger partial charge >= 0.3 is 5.97 Å². The van der Waals surface area contributed by atoms with Crippen LogP contribution in [0.1, 0.15) is 161 Å². The number of likely N-dealkylation sites (tertiary alicyclic amines) is 1. The Kier molecular flexibility index (Phi) is 42.8. The van der Waals surface area contributed by atoms with E-state index < -0.39 is 216 Å². The first-order chi connectivity index (χ1) is 64.6. The number of carbonyl (C=O) groups is 16. The van der Waals surface area contributed by atoms with Crippen LogP contribution >= 0.6 is 0 Å². The highest BCUT2D eigenvalue weighted by atomic mass is 16.4. The predicted molar refractivity (Wildman–Crippen MR) is 501 cm³/mol. The van der Waals surface area contributed by atoms with Crippen molar-refractivity contribution < 1.29 is 81.8 Å². The van der Waals surface area contributed by atoms with Gasteiger partial charge in [0.2, 0.25) is 88.6 Å². The number of nitrogens with two attached hydrogens (primary N) is 5. The Morgan fingerprint density at radius 2 is 0.860 bits per heavy atom.